The maximum atomic E-state index is 13.6. The highest BCUT2D eigenvalue weighted by atomic mass is 19.4. The van der Waals surface area contributed by atoms with E-state index in [1.54, 1.807) is 12.1 Å². The average molecular weight is 585 g/mol. The van der Waals surface area contributed by atoms with Crippen molar-refractivity contribution in [2.45, 2.75) is 43.8 Å². The number of aromatic nitrogens is 1. The lowest BCUT2D eigenvalue weighted by Crippen LogP contribution is -2.53. The second-order valence-corrected chi connectivity index (χ2v) is 9.96. The Hall–Kier alpha value is -3.71. The maximum Gasteiger partial charge on any atom is 0.430 e. The molecule has 6 nitrogen and oxygen atoms in total. The predicted octanol–water partition coefficient (Wildman–Crippen LogP) is 6.63. The molecule has 2 amide bonds. The summed E-state index contributed by atoms with van der Waals surface area (Å²) in [5.74, 6) is -0.277. The summed E-state index contributed by atoms with van der Waals surface area (Å²) in [7, 11) is 0. The molecule has 0 unspecified atom stereocenters. The number of nitrogens with zero attached hydrogens (tertiary/aromatic N) is 2. The third-order valence-corrected chi connectivity index (χ3v) is 7.06. The number of aliphatic hydroxyl groups is 1. The fourth-order valence-corrected chi connectivity index (χ4v) is 4.76. The first-order valence-corrected chi connectivity index (χ1v) is 12.7. The molecule has 1 saturated heterocycles. The Morgan fingerprint density at radius 1 is 0.878 bits per heavy atom. The minimum absolute atomic E-state index is 0.00701. The van der Waals surface area contributed by atoms with E-state index in [-0.39, 0.29) is 5.69 Å². The topological polar surface area (TPSA) is 77.5 Å². The van der Waals surface area contributed by atoms with Crippen LogP contribution < -0.4 is 10.6 Å². The normalized spacial score (nSPS) is 15.5. The van der Waals surface area contributed by atoms with Gasteiger partial charge in [0.1, 0.15) is 0 Å². The molecule has 1 aliphatic rings. The molecule has 41 heavy (non-hydrogen) atoms. The molecule has 4 rings (SSSR count). The van der Waals surface area contributed by atoms with Crippen LogP contribution in [0, 0.1) is 11.7 Å². The summed E-state index contributed by atoms with van der Waals surface area (Å²) in [4.78, 5) is 17.8. The van der Waals surface area contributed by atoms with Crippen LogP contribution in [0.25, 0.3) is 0 Å². The Morgan fingerprint density at radius 3 is 2.02 bits per heavy atom. The molecule has 0 atom stereocenters. The van der Waals surface area contributed by atoms with Crippen LogP contribution in [0.4, 0.5) is 46.9 Å². The van der Waals surface area contributed by atoms with E-state index in [9.17, 15) is 40.6 Å². The molecule has 3 N–H and O–H groups in total. The minimum atomic E-state index is -5.92. The lowest BCUT2D eigenvalue weighted by Gasteiger charge is -2.33. The number of nitrogens with one attached hydrogen (secondary N) is 2. The summed E-state index contributed by atoms with van der Waals surface area (Å²) < 4.78 is 92.2. The fourth-order valence-electron chi connectivity index (χ4n) is 4.76. The molecule has 2 aromatic carbocycles. The van der Waals surface area contributed by atoms with E-state index in [1.165, 1.54) is 24.4 Å². The number of rotatable bonds is 7. The predicted molar refractivity (Wildman–Crippen MR) is 137 cm³/mol. The lowest BCUT2D eigenvalue weighted by molar-refractivity contribution is -0.376. The highest BCUT2D eigenvalue weighted by Crippen LogP contribution is 2.50. The monoisotopic (exact) mass is 584 g/mol. The second kappa shape index (κ2) is 12.0. The summed E-state index contributed by atoms with van der Waals surface area (Å²) in [5, 5.41) is 14.6. The van der Waals surface area contributed by atoms with Crippen molar-refractivity contribution >= 4 is 17.4 Å². The molecule has 220 valence electrons. The molecule has 0 spiro atoms. The van der Waals surface area contributed by atoms with E-state index in [4.69, 9.17) is 0 Å². The number of pyridine rings is 1. The molecule has 13 heteroatoms. The number of anilines is 2. The van der Waals surface area contributed by atoms with Gasteiger partial charge >= 0.3 is 18.4 Å². The van der Waals surface area contributed by atoms with E-state index < -0.39 is 35.4 Å². The molecule has 1 aliphatic heterocycles. The number of benzene rings is 2. The minimum Gasteiger partial charge on any atom is -0.369 e. The van der Waals surface area contributed by atoms with Crippen molar-refractivity contribution in [3.05, 3.63) is 89.5 Å². The number of alkyl halides is 6. The van der Waals surface area contributed by atoms with Crippen LogP contribution in [-0.4, -0.2) is 46.5 Å². The fraction of sp³-hybridized carbons (Fsp3) is 0.357. The summed E-state index contributed by atoms with van der Waals surface area (Å²) in [5.41, 5.74) is -4.07. The Balaban J connectivity index is 1.25. The number of amides is 2. The van der Waals surface area contributed by atoms with Crippen molar-refractivity contribution < 1.29 is 40.6 Å². The zero-order valence-electron chi connectivity index (χ0n) is 21.6. The molecular weight excluding hydrogens is 557 g/mol. The van der Waals surface area contributed by atoms with Crippen LogP contribution in [0.5, 0.6) is 0 Å². The molecule has 3 aromatic rings. The number of piperidine rings is 1. The van der Waals surface area contributed by atoms with Crippen LogP contribution in [-0.2, 0) is 18.6 Å². The van der Waals surface area contributed by atoms with Gasteiger partial charge < -0.3 is 15.7 Å². The van der Waals surface area contributed by atoms with Gasteiger partial charge in [-0.2, -0.15) is 26.3 Å². The van der Waals surface area contributed by atoms with E-state index in [0.29, 0.717) is 48.9 Å². The van der Waals surface area contributed by atoms with Crippen molar-refractivity contribution in [1.29, 1.82) is 0 Å². The maximum absolute atomic E-state index is 13.6. The summed E-state index contributed by atoms with van der Waals surface area (Å²) in [6.07, 6.45) is -6.99. The first-order valence-electron chi connectivity index (χ1n) is 12.7. The summed E-state index contributed by atoms with van der Waals surface area (Å²) in [6, 6.07) is 11.7. The number of likely N-dealkylation sites (tertiary alicyclic amines) is 1. The number of carbonyl (C=O) groups is 1. The highest BCUT2D eigenvalue weighted by Gasteiger charge is 2.71. The van der Waals surface area contributed by atoms with E-state index >= 15 is 0 Å². The number of hydrogen-bond donors (Lipinski definition) is 3. The molecule has 1 fully saturated rings. The Morgan fingerprint density at radius 2 is 1.46 bits per heavy atom. The van der Waals surface area contributed by atoms with Gasteiger partial charge in [-0.1, -0.05) is 36.4 Å². The Labute approximate surface area is 231 Å². The van der Waals surface area contributed by atoms with Crippen molar-refractivity contribution in [3.8, 4) is 0 Å². The van der Waals surface area contributed by atoms with Crippen molar-refractivity contribution in [1.82, 2.24) is 9.88 Å². The largest absolute Gasteiger partial charge is 0.430 e. The van der Waals surface area contributed by atoms with Crippen LogP contribution in [0.1, 0.15) is 29.5 Å². The third kappa shape index (κ3) is 7.14. The van der Waals surface area contributed by atoms with E-state index in [1.807, 2.05) is 12.1 Å². The van der Waals surface area contributed by atoms with E-state index in [2.05, 4.69) is 20.5 Å². The number of urea groups is 1. The molecular formula is C28H27F7N4O2. The highest BCUT2D eigenvalue weighted by molar-refractivity contribution is 5.99. The van der Waals surface area contributed by atoms with Gasteiger partial charge in [0.2, 0.25) is 0 Å². The average Bonchev–Trinajstić information content (AvgIpc) is 2.91. The third-order valence-electron chi connectivity index (χ3n) is 7.06. The van der Waals surface area contributed by atoms with Crippen LogP contribution in [0.3, 0.4) is 0 Å². The zero-order chi connectivity index (χ0) is 29.8. The number of halogens is 7. The van der Waals surface area contributed by atoms with Gasteiger partial charge in [0.05, 0.1) is 11.9 Å². The Kier molecular flexibility index (Phi) is 8.88. The van der Waals surface area contributed by atoms with Gasteiger partial charge in [-0.3, -0.25) is 9.88 Å². The van der Waals surface area contributed by atoms with Gasteiger partial charge in [-0.25, -0.2) is 9.18 Å². The lowest BCUT2D eigenvalue weighted by atomic mass is 9.89. The standard InChI is InChI=1S/C28H27F7N4O2/c29-23-16-36-12-9-24(23)38-25(40)37-22-7-3-18(4-8-22)15-19-10-13-39(14-11-19)17-20-1-5-21(6-2-20)26(41,27(30,31)32)28(33,34)35/h1-9,12,16,19,41H,10-11,13-15,17H2,(H2,36,37,38,40). The van der Waals surface area contributed by atoms with Gasteiger partial charge in [-0.05, 0) is 67.6 Å². The van der Waals surface area contributed by atoms with Crippen molar-refractivity contribution in [2.24, 2.45) is 5.92 Å². The zero-order valence-corrected chi connectivity index (χ0v) is 21.6. The molecule has 0 radical (unpaired) electrons. The molecule has 0 bridgehead atoms. The number of hydrogen-bond acceptors (Lipinski definition) is 4. The van der Waals surface area contributed by atoms with Crippen LogP contribution in [0.2, 0.25) is 0 Å². The quantitative estimate of drug-likeness (QED) is 0.273. The van der Waals surface area contributed by atoms with Crippen molar-refractivity contribution in [2.75, 3.05) is 23.7 Å². The molecule has 2 heterocycles. The van der Waals surface area contributed by atoms with Gasteiger partial charge in [-0.15, -0.1) is 0 Å². The van der Waals surface area contributed by atoms with Gasteiger partial charge in [0, 0.05) is 24.0 Å². The molecule has 0 aliphatic carbocycles. The molecule has 1 aromatic heterocycles. The van der Waals surface area contributed by atoms with Crippen molar-refractivity contribution in [3.63, 3.8) is 0 Å². The molecule has 0 saturated carbocycles. The number of carbonyl (C=O) groups excluding carboxylic acids is 1. The van der Waals surface area contributed by atoms with E-state index in [0.717, 1.165) is 31.0 Å². The van der Waals surface area contributed by atoms with Crippen LogP contribution in [0.15, 0.2) is 67.0 Å². The second-order valence-electron chi connectivity index (χ2n) is 9.96. The first-order chi connectivity index (χ1) is 19.3. The van der Waals surface area contributed by atoms with Crippen LogP contribution >= 0.6 is 0 Å². The first kappa shape index (κ1) is 30.3. The SMILES string of the molecule is O=C(Nc1ccc(CC2CCN(Cc3ccc(C(O)(C(F)(F)F)C(F)(F)F)cc3)CC2)cc1)Nc1ccncc1F. The Bertz CT molecular complexity index is 1310. The summed E-state index contributed by atoms with van der Waals surface area (Å²) in [6.45, 7) is 1.76. The summed E-state index contributed by atoms with van der Waals surface area (Å²) >= 11 is 0. The smallest absolute Gasteiger partial charge is 0.369 e. The van der Waals surface area contributed by atoms with Gasteiger partial charge in [0.15, 0.2) is 5.82 Å². The van der Waals surface area contributed by atoms with Gasteiger partial charge in [0.25, 0.3) is 5.60 Å².